The quantitative estimate of drug-likeness (QED) is 0.710. The Morgan fingerprint density at radius 3 is 2.38 bits per heavy atom. The van der Waals surface area contributed by atoms with Crippen LogP contribution in [0, 0.1) is 5.92 Å². The summed E-state index contributed by atoms with van der Waals surface area (Å²) in [5.41, 5.74) is 0. The molecular formula is C13H22BrNO. The molecule has 0 aromatic rings. The van der Waals surface area contributed by atoms with E-state index in [1.807, 2.05) is 0 Å². The van der Waals surface area contributed by atoms with Gasteiger partial charge in [0.25, 0.3) is 0 Å². The average Bonchev–Trinajstić information content (AvgIpc) is 3.11. The van der Waals surface area contributed by atoms with Crippen molar-refractivity contribution in [1.82, 2.24) is 4.90 Å². The zero-order chi connectivity index (χ0) is 11.4. The van der Waals surface area contributed by atoms with Gasteiger partial charge in [-0.15, -0.1) is 0 Å². The van der Waals surface area contributed by atoms with E-state index in [2.05, 4.69) is 20.8 Å². The van der Waals surface area contributed by atoms with Crippen molar-refractivity contribution in [1.29, 1.82) is 0 Å². The molecule has 0 aliphatic heterocycles. The molecule has 0 aromatic carbocycles. The van der Waals surface area contributed by atoms with E-state index in [1.54, 1.807) is 0 Å². The van der Waals surface area contributed by atoms with Gasteiger partial charge in [-0.3, -0.25) is 4.79 Å². The maximum Gasteiger partial charge on any atom is 0.223 e. The Labute approximate surface area is 107 Å². The van der Waals surface area contributed by atoms with E-state index in [0.29, 0.717) is 17.9 Å². The molecule has 2 rings (SSSR count). The van der Waals surface area contributed by atoms with E-state index in [9.17, 15) is 4.79 Å². The van der Waals surface area contributed by atoms with Crippen LogP contribution in [0.15, 0.2) is 0 Å². The molecule has 0 atom stereocenters. The van der Waals surface area contributed by atoms with E-state index in [1.165, 1.54) is 44.9 Å². The highest BCUT2D eigenvalue weighted by atomic mass is 79.9. The first-order chi connectivity index (χ1) is 7.81. The lowest BCUT2D eigenvalue weighted by molar-refractivity contribution is -0.134. The third-order valence-corrected chi connectivity index (χ3v) is 4.18. The van der Waals surface area contributed by atoms with E-state index >= 15 is 0 Å². The van der Waals surface area contributed by atoms with E-state index in [0.717, 1.165) is 18.3 Å². The molecule has 92 valence electrons. The van der Waals surface area contributed by atoms with Crippen LogP contribution in [0.4, 0.5) is 0 Å². The van der Waals surface area contributed by atoms with Crippen LogP contribution in [0.5, 0.6) is 0 Å². The highest BCUT2D eigenvalue weighted by molar-refractivity contribution is 9.09. The van der Waals surface area contributed by atoms with Crippen LogP contribution in [-0.2, 0) is 4.79 Å². The zero-order valence-corrected chi connectivity index (χ0v) is 11.5. The second-order valence-corrected chi connectivity index (χ2v) is 6.01. The molecule has 0 heterocycles. The van der Waals surface area contributed by atoms with Crippen LogP contribution >= 0.6 is 15.9 Å². The number of amides is 1. The number of carbonyl (C=O) groups excluding carboxylic acids is 1. The molecule has 2 aliphatic carbocycles. The maximum atomic E-state index is 12.2. The molecule has 2 nitrogen and oxygen atoms in total. The summed E-state index contributed by atoms with van der Waals surface area (Å²) in [6, 6.07) is 0.539. The number of alkyl halides is 1. The fourth-order valence-electron chi connectivity index (χ4n) is 2.68. The van der Waals surface area contributed by atoms with Gasteiger partial charge in [0.15, 0.2) is 0 Å². The number of nitrogens with zero attached hydrogens (tertiary/aromatic N) is 1. The summed E-state index contributed by atoms with van der Waals surface area (Å²) >= 11 is 3.47. The summed E-state index contributed by atoms with van der Waals surface area (Å²) in [6.07, 6.45) is 9.78. The molecule has 3 heteroatoms. The SMILES string of the molecule is O=C(CC1CC1)N(CCBr)C1CCCCC1. The molecule has 0 spiro atoms. The Bertz CT molecular complexity index is 234. The number of hydrogen-bond acceptors (Lipinski definition) is 1. The average molecular weight is 288 g/mol. The minimum atomic E-state index is 0.411. The summed E-state index contributed by atoms with van der Waals surface area (Å²) in [6.45, 7) is 0.899. The number of hydrogen-bond donors (Lipinski definition) is 0. The van der Waals surface area contributed by atoms with Gasteiger partial charge in [0.05, 0.1) is 0 Å². The molecule has 2 aliphatic rings. The van der Waals surface area contributed by atoms with Crippen LogP contribution in [-0.4, -0.2) is 28.7 Å². The molecule has 0 N–H and O–H groups in total. The minimum Gasteiger partial charge on any atom is -0.339 e. The Kier molecular flexibility index (Phi) is 4.68. The number of rotatable bonds is 5. The summed E-state index contributed by atoms with van der Waals surface area (Å²) in [7, 11) is 0. The second-order valence-electron chi connectivity index (χ2n) is 5.22. The smallest absolute Gasteiger partial charge is 0.223 e. The normalized spacial score (nSPS) is 22.1. The van der Waals surface area contributed by atoms with Gasteiger partial charge in [0.2, 0.25) is 5.91 Å². The fourth-order valence-corrected chi connectivity index (χ4v) is 3.06. The molecule has 0 bridgehead atoms. The van der Waals surface area contributed by atoms with Gasteiger partial charge in [-0.1, -0.05) is 35.2 Å². The molecule has 1 amide bonds. The Morgan fingerprint density at radius 1 is 1.12 bits per heavy atom. The van der Waals surface area contributed by atoms with Crippen molar-refractivity contribution in [2.45, 2.75) is 57.4 Å². The first-order valence-electron chi connectivity index (χ1n) is 6.66. The van der Waals surface area contributed by atoms with Gasteiger partial charge < -0.3 is 4.90 Å². The molecule has 0 aromatic heterocycles. The minimum absolute atomic E-state index is 0.411. The third kappa shape index (κ3) is 3.47. The molecule has 0 radical (unpaired) electrons. The van der Waals surface area contributed by atoms with Crippen LogP contribution in [0.2, 0.25) is 0 Å². The lowest BCUT2D eigenvalue weighted by Gasteiger charge is -2.34. The van der Waals surface area contributed by atoms with E-state index in [4.69, 9.17) is 0 Å². The Hall–Kier alpha value is -0.0500. The van der Waals surface area contributed by atoms with Crippen molar-refractivity contribution >= 4 is 21.8 Å². The maximum absolute atomic E-state index is 12.2. The lowest BCUT2D eigenvalue weighted by atomic mass is 9.94. The fraction of sp³-hybridized carbons (Fsp3) is 0.923. The van der Waals surface area contributed by atoms with Crippen molar-refractivity contribution in [2.75, 3.05) is 11.9 Å². The monoisotopic (exact) mass is 287 g/mol. The Morgan fingerprint density at radius 2 is 1.81 bits per heavy atom. The van der Waals surface area contributed by atoms with Crippen molar-refractivity contribution in [3.63, 3.8) is 0 Å². The van der Waals surface area contributed by atoms with Crippen molar-refractivity contribution in [3.05, 3.63) is 0 Å². The van der Waals surface area contributed by atoms with Crippen LogP contribution in [0.3, 0.4) is 0 Å². The van der Waals surface area contributed by atoms with Gasteiger partial charge in [-0.2, -0.15) is 0 Å². The van der Waals surface area contributed by atoms with Gasteiger partial charge in [0.1, 0.15) is 0 Å². The molecule has 2 fully saturated rings. The third-order valence-electron chi connectivity index (χ3n) is 3.82. The van der Waals surface area contributed by atoms with Gasteiger partial charge in [-0.25, -0.2) is 0 Å². The van der Waals surface area contributed by atoms with Crippen LogP contribution in [0.1, 0.15) is 51.4 Å². The van der Waals surface area contributed by atoms with Gasteiger partial charge >= 0.3 is 0 Å². The lowest BCUT2D eigenvalue weighted by Crippen LogP contribution is -2.42. The first kappa shape index (κ1) is 12.4. The summed E-state index contributed by atoms with van der Waals surface area (Å²) in [5, 5.41) is 0.917. The molecular weight excluding hydrogens is 266 g/mol. The van der Waals surface area contributed by atoms with Gasteiger partial charge in [-0.05, 0) is 31.6 Å². The number of carbonyl (C=O) groups is 1. The molecule has 16 heavy (non-hydrogen) atoms. The standard InChI is InChI=1S/C13H22BrNO/c14-8-9-15(12-4-2-1-3-5-12)13(16)10-11-6-7-11/h11-12H,1-10H2. The Balaban J connectivity index is 1.88. The molecule has 0 saturated heterocycles. The topological polar surface area (TPSA) is 20.3 Å². The van der Waals surface area contributed by atoms with Crippen molar-refractivity contribution in [3.8, 4) is 0 Å². The summed E-state index contributed by atoms with van der Waals surface area (Å²) < 4.78 is 0. The zero-order valence-electron chi connectivity index (χ0n) is 9.96. The second kappa shape index (κ2) is 6.04. The number of halogens is 1. The highest BCUT2D eigenvalue weighted by Crippen LogP contribution is 2.34. The van der Waals surface area contributed by atoms with Crippen molar-refractivity contribution < 1.29 is 4.79 Å². The predicted molar refractivity (Wildman–Crippen MR) is 69.7 cm³/mol. The largest absolute Gasteiger partial charge is 0.339 e. The van der Waals surface area contributed by atoms with E-state index < -0.39 is 0 Å². The van der Waals surface area contributed by atoms with Gasteiger partial charge in [0, 0.05) is 24.3 Å². The van der Waals surface area contributed by atoms with Crippen LogP contribution < -0.4 is 0 Å². The van der Waals surface area contributed by atoms with Crippen molar-refractivity contribution in [2.24, 2.45) is 5.92 Å². The summed E-state index contributed by atoms with van der Waals surface area (Å²) in [4.78, 5) is 14.3. The molecule has 2 saturated carbocycles. The predicted octanol–water partition coefficient (Wildman–Crippen LogP) is 3.34. The molecule has 0 unspecified atom stereocenters. The first-order valence-corrected chi connectivity index (χ1v) is 7.79. The summed E-state index contributed by atoms with van der Waals surface area (Å²) in [5.74, 6) is 1.13. The highest BCUT2D eigenvalue weighted by Gasteiger charge is 2.30. The van der Waals surface area contributed by atoms with E-state index in [-0.39, 0.29) is 0 Å². The van der Waals surface area contributed by atoms with Crippen LogP contribution in [0.25, 0.3) is 0 Å².